The van der Waals surface area contributed by atoms with Gasteiger partial charge in [-0.3, -0.25) is 33.6 Å². The zero-order valence-electron chi connectivity index (χ0n) is 48.8. The lowest BCUT2D eigenvalue weighted by Gasteiger charge is -2.47. The molecular formula is C60H113NO12. The Labute approximate surface area is 447 Å². The number of esters is 3. The van der Waals surface area contributed by atoms with Crippen LogP contribution in [0.25, 0.3) is 0 Å². The van der Waals surface area contributed by atoms with E-state index in [9.17, 15) is 33.6 Å². The molecule has 0 N–H and O–H groups in total. The Balaban J connectivity index is -0.000000959. The summed E-state index contributed by atoms with van der Waals surface area (Å²) in [6.45, 7) is 22.5. The van der Waals surface area contributed by atoms with Gasteiger partial charge in [0.25, 0.3) is 12.9 Å². The Kier molecular flexibility index (Phi) is 56.8. The van der Waals surface area contributed by atoms with E-state index in [2.05, 4.69) is 51.0 Å². The average molecular weight is 1040 g/mol. The first-order valence-corrected chi connectivity index (χ1v) is 29.7. The molecule has 1 saturated heterocycles. The maximum Gasteiger partial charge on any atom is 0.306 e. The highest BCUT2D eigenvalue weighted by Gasteiger charge is 2.41. The summed E-state index contributed by atoms with van der Waals surface area (Å²) in [6, 6.07) is -0.353. The Morgan fingerprint density at radius 3 is 1.21 bits per heavy atom. The summed E-state index contributed by atoms with van der Waals surface area (Å²) in [5.41, 5.74) is 0. The number of carbonyl (C=O) groups excluding carboxylic acids is 7. The number of rotatable bonds is 45. The number of hydrogen-bond acceptors (Lipinski definition) is 12. The van der Waals surface area contributed by atoms with E-state index in [-0.39, 0.29) is 79.9 Å². The van der Waals surface area contributed by atoms with Crippen molar-refractivity contribution in [3.05, 3.63) is 0 Å². The number of unbranched alkanes of at least 4 members (excludes halogenated alkanes) is 21. The minimum absolute atomic E-state index is 0.0771. The Morgan fingerprint density at radius 1 is 0.452 bits per heavy atom. The summed E-state index contributed by atoms with van der Waals surface area (Å²) >= 11 is 0. The van der Waals surface area contributed by atoms with Crippen LogP contribution < -0.4 is 0 Å². The first kappa shape index (κ1) is 73.7. The van der Waals surface area contributed by atoms with Crippen LogP contribution in [0.3, 0.4) is 0 Å². The van der Waals surface area contributed by atoms with Crippen LogP contribution in [0.2, 0.25) is 0 Å². The highest BCUT2D eigenvalue weighted by atomic mass is 16.6. The summed E-state index contributed by atoms with van der Waals surface area (Å²) < 4.78 is 25.3. The summed E-state index contributed by atoms with van der Waals surface area (Å²) in [5.74, 6) is -0.0119. The molecule has 1 rings (SSSR count). The average Bonchev–Trinajstić information content (AvgIpc) is 3.37. The summed E-state index contributed by atoms with van der Waals surface area (Å²) in [4.78, 5) is 80.4. The second-order valence-electron chi connectivity index (χ2n) is 20.2. The van der Waals surface area contributed by atoms with Crippen LogP contribution in [0.1, 0.15) is 281 Å². The van der Waals surface area contributed by atoms with Crippen LogP contribution in [0.4, 0.5) is 0 Å². The molecule has 1 fully saturated rings. The molecule has 0 radical (unpaired) electrons. The first-order chi connectivity index (χ1) is 35.3. The third kappa shape index (κ3) is 47.9. The van der Waals surface area contributed by atoms with Crippen LogP contribution in [0.5, 0.6) is 0 Å². The molecule has 0 aromatic carbocycles. The summed E-state index contributed by atoms with van der Waals surface area (Å²) in [7, 11) is 0. The minimum atomic E-state index is -0.387. The monoisotopic (exact) mass is 1040 g/mol. The van der Waals surface area contributed by atoms with Crippen LogP contribution in [0, 0.1) is 17.8 Å². The van der Waals surface area contributed by atoms with Crippen LogP contribution >= 0.6 is 0 Å². The Hall–Kier alpha value is -3.51. The topological polar surface area (TPSA) is 169 Å². The van der Waals surface area contributed by atoms with Gasteiger partial charge in [0.1, 0.15) is 19.0 Å². The minimum Gasteiger partial charge on any atom is -0.468 e. The lowest BCUT2D eigenvalue weighted by atomic mass is 9.93. The zero-order valence-corrected chi connectivity index (χ0v) is 48.8. The van der Waals surface area contributed by atoms with E-state index in [1.807, 2.05) is 20.8 Å². The molecule has 430 valence electrons. The van der Waals surface area contributed by atoms with Gasteiger partial charge in [0, 0.05) is 43.9 Å². The molecule has 0 saturated carbocycles. The fourth-order valence-corrected chi connectivity index (χ4v) is 8.18. The number of ketones is 1. The van der Waals surface area contributed by atoms with Crippen LogP contribution in [-0.2, 0) is 57.2 Å². The second kappa shape index (κ2) is 56.2. The predicted octanol–water partition coefficient (Wildman–Crippen LogP) is 15.0. The van der Waals surface area contributed by atoms with Gasteiger partial charge in [-0.1, -0.05) is 204 Å². The maximum absolute atomic E-state index is 11.8. The third-order valence-electron chi connectivity index (χ3n) is 13.6. The van der Waals surface area contributed by atoms with Crippen molar-refractivity contribution < 1.29 is 57.2 Å². The van der Waals surface area contributed by atoms with Crippen molar-refractivity contribution in [3.63, 3.8) is 0 Å². The van der Waals surface area contributed by atoms with Gasteiger partial charge in [0.05, 0.1) is 38.3 Å². The standard InChI is InChI=1S/C23H44O4.C15H23NO7.C13H26O.C9H20/c1-4-7-9-11-13-15-17-22(24)26-19-21(6-3)20-27-23(25)18-16-14-12-10-8-5-2;1-3-12(6-21-9-17)4-15(20)23-8-14-5-13(7-22-10-18)16(14)11(2)19;1-4-6-7-8-9-10-11-13(14)12(3)5-2;1-3-5-7-9-8-6-4-2/h21H,4-20H2,1-3H3;9-10,12-14H,3-8H2,1-2H3;12H,4-11H2,1-3H3;3-9H2,1-2H3. The van der Waals surface area contributed by atoms with Crippen molar-refractivity contribution in [3.8, 4) is 0 Å². The normalized spacial score (nSPS) is 14.3. The molecule has 0 aliphatic carbocycles. The van der Waals surface area contributed by atoms with Crippen molar-refractivity contribution >= 4 is 42.5 Å². The molecule has 1 heterocycles. The van der Waals surface area contributed by atoms with E-state index in [0.29, 0.717) is 57.6 Å². The summed E-state index contributed by atoms with van der Waals surface area (Å²) in [6.07, 6.45) is 36.7. The molecule has 1 aliphatic rings. The van der Waals surface area contributed by atoms with Crippen LogP contribution in [0.15, 0.2) is 0 Å². The van der Waals surface area contributed by atoms with E-state index < -0.39 is 0 Å². The second-order valence-corrected chi connectivity index (χ2v) is 20.2. The van der Waals surface area contributed by atoms with E-state index in [0.717, 1.165) is 51.4 Å². The lowest BCUT2D eigenvalue weighted by Crippen LogP contribution is -2.61. The molecule has 0 spiro atoms. The lowest BCUT2D eigenvalue weighted by molar-refractivity contribution is -0.161. The number of ether oxygens (including phenoxy) is 5. The van der Waals surface area contributed by atoms with Gasteiger partial charge >= 0.3 is 17.9 Å². The molecule has 73 heavy (non-hydrogen) atoms. The molecule has 13 nitrogen and oxygen atoms in total. The fraction of sp³-hybridized carbons (Fsp3) is 0.883. The fourth-order valence-electron chi connectivity index (χ4n) is 8.18. The molecule has 1 aliphatic heterocycles. The quantitative estimate of drug-likeness (QED) is 0.0245. The van der Waals surface area contributed by atoms with Crippen molar-refractivity contribution in [2.75, 3.05) is 33.0 Å². The molecular weight excluding hydrogens is 927 g/mol. The van der Waals surface area contributed by atoms with E-state index in [1.54, 1.807) is 4.90 Å². The van der Waals surface area contributed by atoms with Crippen molar-refractivity contribution in [2.24, 2.45) is 17.8 Å². The number of Topliss-reactive ketones (excluding diaryl/α,β-unsaturated/α-hetero) is 1. The van der Waals surface area contributed by atoms with E-state index in [4.69, 9.17) is 14.2 Å². The molecule has 4 atom stereocenters. The number of carbonyl (C=O) groups is 7. The van der Waals surface area contributed by atoms with E-state index in [1.165, 1.54) is 135 Å². The van der Waals surface area contributed by atoms with Gasteiger partial charge in [-0.25, -0.2) is 0 Å². The molecule has 0 bridgehead atoms. The number of amides is 1. The molecule has 4 unspecified atom stereocenters. The number of hydrogen-bond donors (Lipinski definition) is 0. The van der Waals surface area contributed by atoms with Crippen molar-refractivity contribution in [2.45, 2.75) is 293 Å². The number of nitrogens with zero attached hydrogens (tertiary/aromatic N) is 1. The SMILES string of the molecule is CCC(COC=O)CC(=O)OCC1CC(COC=O)N1C(C)=O.CCCCCCCCC.CCCCCCCCC(=O)C(C)CC.CCCCCCCCC(=O)OCC(CC)COC(=O)CCCCCCCC. The van der Waals surface area contributed by atoms with Crippen molar-refractivity contribution in [1.82, 2.24) is 4.90 Å². The van der Waals surface area contributed by atoms with Gasteiger partial charge in [0.2, 0.25) is 5.91 Å². The van der Waals surface area contributed by atoms with Gasteiger partial charge in [-0.2, -0.15) is 0 Å². The molecule has 1 amide bonds. The van der Waals surface area contributed by atoms with Gasteiger partial charge in [0.15, 0.2) is 0 Å². The maximum atomic E-state index is 11.8. The van der Waals surface area contributed by atoms with Gasteiger partial charge < -0.3 is 28.6 Å². The largest absolute Gasteiger partial charge is 0.468 e. The molecule has 13 heteroatoms. The summed E-state index contributed by atoms with van der Waals surface area (Å²) in [5, 5.41) is 0. The first-order valence-electron chi connectivity index (χ1n) is 29.7. The Bertz CT molecular complexity index is 1270. The van der Waals surface area contributed by atoms with Crippen LogP contribution in [-0.4, -0.2) is 92.6 Å². The molecule has 0 aromatic heterocycles. The zero-order chi connectivity index (χ0) is 55.2. The Morgan fingerprint density at radius 2 is 0.836 bits per heavy atom. The number of likely N-dealkylation sites (tertiary alicyclic amines) is 1. The highest BCUT2D eigenvalue weighted by molar-refractivity contribution is 5.80. The predicted molar refractivity (Wildman–Crippen MR) is 296 cm³/mol. The highest BCUT2D eigenvalue weighted by Crippen LogP contribution is 2.27. The van der Waals surface area contributed by atoms with Gasteiger partial charge in [-0.15, -0.1) is 0 Å². The van der Waals surface area contributed by atoms with Gasteiger partial charge in [-0.05, 0) is 44.9 Å². The third-order valence-corrected chi connectivity index (χ3v) is 13.6. The van der Waals surface area contributed by atoms with Crippen molar-refractivity contribution in [1.29, 1.82) is 0 Å². The molecule has 0 aromatic rings. The smallest absolute Gasteiger partial charge is 0.306 e. The van der Waals surface area contributed by atoms with E-state index >= 15 is 0 Å².